The predicted molar refractivity (Wildman–Crippen MR) is 118 cm³/mol. The minimum atomic E-state index is -3.59. The Morgan fingerprint density at radius 2 is 1.62 bits per heavy atom. The van der Waals surface area contributed by atoms with Gasteiger partial charge in [-0.1, -0.05) is 13.8 Å². The first-order valence-electron chi connectivity index (χ1n) is 10.0. The fraction of sp³-hybridized carbons (Fsp3) is 0.455. The van der Waals surface area contributed by atoms with Gasteiger partial charge in [0.25, 0.3) is 0 Å². The monoisotopic (exact) mass is 469 g/mol. The van der Waals surface area contributed by atoms with Crippen molar-refractivity contribution in [1.29, 1.82) is 0 Å². The topological polar surface area (TPSA) is 143 Å². The van der Waals surface area contributed by atoms with Gasteiger partial charge >= 0.3 is 11.9 Å². The molecule has 3 N–H and O–H groups in total. The van der Waals surface area contributed by atoms with Crippen molar-refractivity contribution in [2.75, 3.05) is 13.2 Å². The Bertz CT molecular complexity index is 974. The number of hydrogen-bond acceptors (Lipinski definition) is 7. The van der Waals surface area contributed by atoms with Crippen molar-refractivity contribution < 1.29 is 37.4 Å². The Morgan fingerprint density at radius 1 is 1.06 bits per heavy atom. The van der Waals surface area contributed by atoms with Crippen molar-refractivity contribution in [3.05, 3.63) is 42.4 Å². The van der Waals surface area contributed by atoms with Crippen molar-refractivity contribution in [2.45, 2.75) is 62.3 Å². The normalized spacial score (nSPS) is 11.6. The molecule has 0 fully saturated rings. The largest absolute Gasteiger partial charge is 0.494 e. The highest BCUT2D eigenvalue weighted by Gasteiger charge is 2.25. The van der Waals surface area contributed by atoms with Gasteiger partial charge in [-0.05, 0) is 64.1 Å². The summed E-state index contributed by atoms with van der Waals surface area (Å²) in [5.41, 5.74) is 0.0952. The molecule has 0 aliphatic carbocycles. The lowest BCUT2D eigenvalue weighted by atomic mass is 10.1. The lowest BCUT2D eigenvalue weighted by Gasteiger charge is -2.20. The summed E-state index contributed by atoms with van der Waals surface area (Å²) in [5, 5.41) is 18.2. The second-order valence-electron chi connectivity index (χ2n) is 8.27. The first-order valence-corrected chi connectivity index (χ1v) is 11.5. The van der Waals surface area contributed by atoms with Crippen molar-refractivity contribution in [2.24, 2.45) is 0 Å². The maximum Gasteiger partial charge on any atom is 0.414 e. The van der Waals surface area contributed by atoms with Crippen LogP contribution in [0.1, 0.15) is 52.7 Å². The standard InChI is InChI=1S/C20H29NO4S.C2H2O4/c1-15(2)19-18(11-14-25-19)26(22,23)17-9-7-16(8-10-17)24-13-6-12-21-20(3,4)5;3-1(4)2(5)6/h7-11,14-15,21H,6,12-13H2,1-5H3;(H,3,4)(H,5,6). The molecule has 32 heavy (non-hydrogen) atoms. The number of rotatable bonds is 8. The number of carbonyl (C=O) groups is 2. The van der Waals surface area contributed by atoms with E-state index in [-0.39, 0.29) is 21.2 Å². The van der Waals surface area contributed by atoms with Crippen molar-refractivity contribution in [3.8, 4) is 5.75 Å². The Kier molecular flexibility index (Phi) is 9.92. The zero-order valence-electron chi connectivity index (χ0n) is 18.9. The second-order valence-corrected chi connectivity index (χ2v) is 10.2. The van der Waals surface area contributed by atoms with E-state index in [1.807, 2.05) is 13.8 Å². The van der Waals surface area contributed by atoms with Gasteiger partial charge in [0.15, 0.2) is 0 Å². The third-order valence-corrected chi connectivity index (χ3v) is 5.84. The molecule has 2 rings (SSSR count). The summed E-state index contributed by atoms with van der Waals surface area (Å²) in [6.07, 6.45) is 2.30. The average molecular weight is 470 g/mol. The average Bonchev–Trinajstić information content (AvgIpc) is 3.19. The highest BCUT2D eigenvalue weighted by atomic mass is 32.2. The number of furan rings is 1. The van der Waals surface area contributed by atoms with E-state index in [0.29, 0.717) is 18.1 Å². The Morgan fingerprint density at radius 3 is 2.09 bits per heavy atom. The van der Waals surface area contributed by atoms with Gasteiger partial charge in [0.1, 0.15) is 16.4 Å². The molecule has 0 aliphatic heterocycles. The van der Waals surface area contributed by atoms with Crippen LogP contribution in [0.4, 0.5) is 0 Å². The van der Waals surface area contributed by atoms with Crippen LogP contribution >= 0.6 is 0 Å². The molecule has 9 nitrogen and oxygen atoms in total. The number of sulfone groups is 1. The number of hydrogen-bond donors (Lipinski definition) is 3. The molecule has 1 aromatic heterocycles. The summed E-state index contributed by atoms with van der Waals surface area (Å²) in [7, 11) is -3.59. The fourth-order valence-electron chi connectivity index (χ4n) is 2.52. The smallest absolute Gasteiger partial charge is 0.414 e. The molecule has 0 radical (unpaired) electrons. The molecular weight excluding hydrogens is 438 g/mol. The Labute approximate surface area is 188 Å². The summed E-state index contributed by atoms with van der Waals surface area (Å²) < 4.78 is 36.7. The zero-order chi connectivity index (χ0) is 24.5. The molecule has 0 saturated heterocycles. The third-order valence-electron chi connectivity index (χ3n) is 4.03. The van der Waals surface area contributed by atoms with Crippen LogP contribution in [-0.2, 0) is 19.4 Å². The van der Waals surface area contributed by atoms with Gasteiger partial charge in [0.2, 0.25) is 9.84 Å². The molecule has 0 atom stereocenters. The third kappa shape index (κ3) is 8.72. The summed E-state index contributed by atoms with van der Waals surface area (Å²) in [6.45, 7) is 11.6. The first-order chi connectivity index (χ1) is 14.8. The van der Waals surface area contributed by atoms with Gasteiger partial charge in [0.05, 0.1) is 17.8 Å². The van der Waals surface area contributed by atoms with Gasteiger partial charge in [-0.25, -0.2) is 18.0 Å². The van der Waals surface area contributed by atoms with E-state index in [2.05, 4.69) is 26.1 Å². The molecule has 0 saturated carbocycles. The van der Waals surface area contributed by atoms with E-state index < -0.39 is 21.8 Å². The highest BCUT2D eigenvalue weighted by Crippen LogP contribution is 2.30. The van der Waals surface area contributed by atoms with Crippen molar-refractivity contribution in [1.82, 2.24) is 5.32 Å². The van der Waals surface area contributed by atoms with E-state index >= 15 is 0 Å². The van der Waals surface area contributed by atoms with Gasteiger partial charge in [0, 0.05) is 11.5 Å². The van der Waals surface area contributed by atoms with Crippen LogP contribution in [0.2, 0.25) is 0 Å². The van der Waals surface area contributed by atoms with Crippen LogP contribution in [0.15, 0.2) is 50.8 Å². The summed E-state index contributed by atoms with van der Waals surface area (Å²) in [5.74, 6) is -2.50. The molecule has 1 aromatic carbocycles. The number of carboxylic acids is 2. The van der Waals surface area contributed by atoms with E-state index in [1.54, 1.807) is 24.3 Å². The molecule has 0 unspecified atom stereocenters. The van der Waals surface area contributed by atoms with Crippen LogP contribution in [0.3, 0.4) is 0 Å². The molecular formula is C22H31NO8S. The van der Waals surface area contributed by atoms with Crippen molar-refractivity contribution in [3.63, 3.8) is 0 Å². The van der Waals surface area contributed by atoms with Crippen LogP contribution in [0.25, 0.3) is 0 Å². The first kappa shape index (κ1) is 27.2. The molecule has 0 amide bonds. The number of benzene rings is 1. The number of nitrogens with one attached hydrogen (secondary N) is 1. The lowest BCUT2D eigenvalue weighted by molar-refractivity contribution is -0.159. The molecule has 1 heterocycles. The summed E-state index contributed by atoms with van der Waals surface area (Å²) in [4.78, 5) is 18.7. The predicted octanol–water partition coefficient (Wildman–Crippen LogP) is 3.55. The molecule has 0 aliphatic rings. The Hall–Kier alpha value is -2.85. The van der Waals surface area contributed by atoms with Crippen LogP contribution in [0.5, 0.6) is 5.75 Å². The van der Waals surface area contributed by atoms with Crippen LogP contribution in [0, 0.1) is 0 Å². The second kappa shape index (κ2) is 11.7. The Balaban J connectivity index is 0.000000751. The number of ether oxygens (including phenoxy) is 1. The molecule has 178 valence electrons. The number of carboxylic acid groups (broad SMARTS) is 2. The van der Waals surface area contributed by atoms with E-state index in [1.165, 1.54) is 12.3 Å². The van der Waals surface area contributed by atoms with E-state index in [4.69, 9.17) is 29.0 Å². The summed E-state index contributed by atoms with van der Waals surface area (Å²) in [6, 6.07) is 8.06. The molecule has 10 heteroatoms. The van der Waals surface area contributed by atoms with Crippen LogP contribution < -0.4 is 10.1 Å². The van der Waals surface area contributed by atoms with Gasteiger partial charge < -0.3 is 24.7 Å². The fourth-order valence-corrected chi connectivity index (χ4v) is 4.05. The highest BCUT2D eigenvalue weighted by molar-refractivity contribution is 7.91. The van der Waals surface area contributed by atoms with Crippen molar-refractivity contribution >= 4 is 21.8 Å². The molecule has 2 aromatic rings. The minimum absolute atomic E-state index is 0.000843. The maximum absolute atomic E-state index is 12.8. The number of aliphatic carboxylic acids is 2. The van der Waals surface area contributed by atoms with Gasteiger partial charge in [-0.15, -0.1) is 0 Å². The minimum Gasteiger partial charge on any atom is -0.494 e. The zero-order valence-corrected chi connectivity index (χ0v) is 19.7. The maximum atomic E-state index is 12.8. The van der Waals surface area contributed by atoms with E-state index in [9.17, 15) is 8.42 Å². The van der Waals surface area contributed by atoms with Crippen LogP contribution in [-0.4, -0.2) is 49.3 Å². The van der Waals surface area contributed by atoms with Gasteiger partial charge in [-0.3, -0.25) is 0 Å². The van der Waals surface area contributed by atoms with Gasteiger partial charge in [-0.2, -0.15) is 0 Å². The van der Waals surface area contributed by atoms with E-state index in [0.717, 1.165) is 13.0 Å². The molecule has 0 spiro atoms. The summed E-state index contributed by atoms with van der Waals surface area (Å²) >= 11 is 0. The molecule has 0 bridgehead atoms. The quantitative estimate of drug-likeness (QED) is 0.390. The lowest BCUT2D eigenvalue weighted by Crippen LogP contribution is -2.36. The SMILES string of the molecule is CC(C)c1occc1S(=O)(=O)c1ccc(OCCCNC(C)(C)C)cc1.O=C(O)C(=O)O.